The summed E-state index contributed by atoms with van der Waals surface area (Å²) in [6.07, 6.45) is 0. The molecular weight excluding hydrogens is 468 g/mol. The number of ketones is 1. The van der Waals surface area contributed by atoms with E-state index in [2.05, 4.69) is 50.4 Å². The number of amides is 1. The van der Waals surface area contributed by atoms with Crippen molar-refractivity contribution >= 4 is 40.4 Å². The molecule has 1 amide bonds. The molecule has 0 bridgehead atoms. The van der Waals surface area contributed by atoms with Gasteiger partial charge in [-0.05, 0) is 64.6 Å². The van der Waals surface area contributed by atoms with Crippen LogP contribution in [-0.2, 0) is 16.8 Å². The molecule has 4 aromatic rings. The van der Waals surface area contributed by atoms with Crippen LogP contribution in [0.3, 0.4) is 0 Å². The Hall–Kier alpha value is -3.89. The van der Waals surface area contributed by atoms with E-state index in [-0.39, 0.29) is 5.41 Å². The van der Waals surface area contributed by atoms with Crippen molar-refractivity contribution in [3.05, 3.63) is 113 Å². The zero-order chi connectivity index (χ0) is 25.4. The Bertz CT molecular complexity index is 1430. The summed E-state index contributed by atoms with van der Waals surface area (Å²) in [5.41, 5.74) is 7.07. The largest absolute Gasteiger partial charge is 0.356 e. The molecule has 0 unspecified atom stereocenters. The van der Waals surface area contributed by atoms with Crippen molar-refractivity contribution in [1.82, 2.24) is 0 Å². The van der Waals surface area contributed by atoms with E-state index in [0.29, 0.717) is 22.8 Å². The monoisotopic (exact) mass is 494 g/mol. The van der Waals surface area contributed by atoms with Gasteiger partial charge in [0.25, 0.3) is 11.7 Å². The first-order valence-corrected chi connectivity index (χ1v) is 12.3. The molecule has 0 spiro atoms. The van der Waals surface area contributed by atoms with E-state index in [1.807, 2.05) is 60.7 Å². The SMILES string of the molecule is CC(C)(C)c1ccc(-c2cccc3c2N(Cc2ccc(Nc4ccc(Cl)cc4)cc2)C(=O)C3=O)cc1. The molecule has 0 saturated heterocycles. The van der Waals surface area contributed by atoms with Gasteiger partial charge in [-0.15, -0.1) is 0 Å². The van der Waals surface area contributed by atoms with Crippen LogP contribution in [0.1, 0.15) is 42.3 Å². The maximum Gasteiger partial charge on any atom is 0.299 e. The third-order valence-electron chi connectivity index (χ3n) is 6.48. The van der Waals surface area contributed by atoms with Crippen LogP contribution in [0.2, 0.25) is 5.02 Å². The lowest BCUT2D eigenvalue weighted by Gasteiger charge is -2.22. The topological polar surface area (TPSA) is 49.4 Å². The van der Waals surface area contributed by atoms with Gasteiger partial charge in [0.1, 0.15) is 0 Å². The Balaban J connectivity index is 1.43. The number of nitrogens with zero attached hydrogens (tertiary/aromatic N) is 1. The molecule has 0 aliphatic carbocycles. The van der Waals surface area contributed by atoms with Crippen LogP contribution in [0.4, 0.5) is 17.1 Å². The second-order valence-corrected chi connectivity index (χ2v) is 10.5. The minimum absolute atomic E-state index is 0.0453. The highest BCUT2D eigenvalue weighted by Gasteiger charge is 2.37. The second-order valence-electron chi connectivity index (χ2n) is 10.1. The molecule has 0 saturated carbocycles. The normalized spacial score (nSPS) is 13.2. The van der Waals surface area contributed by atoms with Gasteiger partial charge >= 0.3 is 0 Å². The molecular formula is C31H27ClN2O2. The van der Waals surface area contributed by atoms with Crippen molar-refractivity contribution < 1.29 is 9.59 Å². The number of benzene rings is 4. The Morgan fingerprint density at radius 2 is 1.33 bits per heavy atom. The van der Waals surface area contributed by atoms with E-state index in [1.165, 1.54) is 5.56 Å². The van der Waals surface area contributed by atoms with Gasteiger partial charge in [-0.25, -0.2) is 0 Å². The minimum atomic E-state index is -0.493. The Morgan fingerprint density at radius 3 is 1.94 bits per heavy atom. The number of hydrogen-bond donors (Lipinski definition) is 1. The van der Waals surface area contributed by atoms with E-state index >= 15 is 0 Å². The molecule has 1 aliphatic heterocycles. The van der Waals surface area contributed by atoms with E-state index in [0.717, 1.165) is 28.1 Å². The number of carbonyl (C=O) groups excluding carboxylic acids is 2. The van der Waals surface area contributed by atoms with Crippen molar-refractivity contribution in [3.8, 4) is 11.1 Å². The molecule has 4 aromatic carbocycles. The van der Waals surface area contributed by atoms with Gasteiger partial charge in [0.05, 0.1) is 17.8 Å². The average molecular weight is 495 g/mol. The molecule has 0 aromatic heterocycles. The Kier molecular flexibility index (Phi) is 6.15. The average Bonchev–Trinajstić information content (AvgIpc) is 3.11. The quantitative estimate of drug-likeness (QED) is 0.288. The molecule has 1 aliphatic rings. The third-order valence-corrected chi connectivity index (χ3v) is 6.73. The van der Waals surface area contributed by atoms with Crippen LogP contribution in [0, 0.1) is 0 Å². The smallest absolute Gasteiger partial charge is 0.299 e. The zero-order valence-corrected chi connectivity index (χ0v) is 21.3. The van der Waals surface area contributed by atoms with E-state index < -0.39 is 11.7 Å². The number of para-hydroxylation sites is 1. The first kappa shape index (κ1) is 23.8. The number of Topliss-reactive ketones (excluding diaryl/α,β-unsaturated/α-hetero) is 1. The fourth-order valence-corrected chi connectivity index (χ4v) is 4.59. The van der Waals surface area contributed by atoms with E-state index in [9.17, 15) is 9.59 Å². The number of nitrogens with one attached hydrogen (secondary N) is 1. The summed E-state index contributed by atoms with van der Waals surface area (Å²) in [5, 5.41) is 4.02. The molecule has 5 rings (SSSR count). The van der Waals surface area contributed by atoms with Crippen LogP contribution in [0.15, 0.2) is 91.0 Å². The first-order valence-electron chi connectivity index (χ1n) is 11.9. The summed E-state index contributed by atoms with van der Waals surface area (Å²) >= 11 is 5.97. The lowest BCUT2D eigenvalue weighted by atomic mass is 9.86. The zero-order valence-electron chi connectivity index (χ0n) is 20.5. The second kappa shape index (κ2) is 9.29. The summed E-state index contributed by atoms with van der Waals surface area (Å²) < 4.78 is 0. The van der Waals surface area contributed by atoms with Gasteiger partial charge in [-0.3, -0.25) is 14.5 Å². The van der Waals surface area contributed by atoms with Crippen LogP contribution >= 0.6 is 11.6 Å². The Morgan fingerprint density at radius 1 is 0.750 bits per heavy atom. The molecule has 1 N–H and O–H groups in total. The minimum Gasteiger partial charge on any atom is -0.356 e. The number of anilines is 3. The van der Waals surface area contributed by atoms with Gasteiger partial charge in [0.15, 0.2) is 0 Å². The van der Waals surface area contributed by atoms with Gasteiger partial charge in [0.2, 0.25) is 0 Å². The third kappa shape index (κ3) is 4.65. The van der Waals surface area contributed by atoms with Crippen molar-refractivity contribution in [2.24, 2.45) is 0 Å². The van der Waals surface area contributed by atoms with Crippen molar-refractivity contribution in [3.63, 3.8) is 0 Å². The standard InChI is InChI=1S/C31H27ClN2O2/c1-31(2,3)22-11-9-21(10-12-22)26-5-4-6-27-28(26)34(30(36)29(27)35)19-20-7-15-24(16-8-20)33-25-17-13-23(32)14-18-25/h4-18,33H,19H2,1-3H3. The fraction of sp³-hybridized carbons (Fsp3) is 0.161. The number of halogens is 1. The number of hydrogen-bond acceptors (Lipinski definition) is 3. The summed E-state index contributed by atoms with van der Waals surface area (Å²) in [7, 11) is 0. The number of fused-ring (bicyclic) bond motifs is 1. The number of carbonyl (C=O) groups is 2. The highest BCUT2D eigenvalue weighted by atomic mass is 35.5. The maximum atomic E-state index is 13.0. The molecule has 36 heavy (non-hydrogen) atoms. The summed E-state index contributed by atoms with van der Waals surface area (Å²) in [6, 6.07) is 29.3. The fourth-order valence-electron chi connectivity index (χ4n) is 4.47. The van der Waals surface area contributed by atoms with Crippen LogP contribution < -0.4 is 10.2 Å². The van der Waals surface area contributed by atoms with E-state index in [1.54, 1.807) is 11.0 Å². The lowest BCUT2D eigenvalue weighted by molar-refractivity contribution is -0.114. The molecule has 0 atom stereocenters. The maximum absolute atomic E-state index is 13.0. The predicted molar refractivity (Wildman–Crippen MR) is 147 cm³/mol. The highest BCUT2D eigenvalue weighted by Crippen LogP contribution is 2.40. The van der Waals surface area contributed by atoms with Gasteiger partial charge in [0, 0.05) is 22.0 Å². The van der Waals surface area contributed by atoms with E-state index in [4.69, 9.17) is 11.6 Å². The van der Waals surface area contributed by atoms with Crippen LogP contribution in [0.5, 0.6) is 0 Å². The van der Waals surface area contributed by atoms with Crippen molar-refractivity contribution in [2.75, 3.05) is 10.2 Å². The highest BCUT2D eigenvalue weighted by molar-refractivity contribution is 6.52. The number of rotatable bonds is 5. The van der Waals surface area contributed by atoms with Gasteiger partial charge in [-0.2, -0.15) is 0 Å². The van der Waals surface area contributed by atoms with Gasteiger partial charge in [-0.1, -0.05) is 80.9 Å². The Labute approximate surface area is 216 Å². The van der Waals surface area contributed by atoms with Crippen molar-refractivity contribution in [1.29, 1.82) is 0 Å². The summed E-state index contributed by atoms with van der Waals surface area (Å²) in [5.74, 6) is -0.952. The molecule has 0 radical (unpaired) electrons. The molecule has 1 heterocycles. The molecule has 4 nitrogen and oxygen atoms in total. The predicted octanol–water partition coefficient (Wildman–Crippen LogP) is 7.78. The van der Waals surface area contributed by atoms with Crippen LogP contribution in [0.25, 0.3) is 11.1 Å². The van der Waals surface area contributed by atoms with Crippen molar-refractivity contribution in [2.45, 2.75) is 32.7 Å². The summed E-state index contributed by atoms with van der Waals surface area (Å²) in [4.78, 5) is 27.5. The summed E-state index contributed by atoms with van der Waals surface area (Å²) in [6.45, 7) is 6.85. The van der Waals surface area contributed by atoms with Gasteiger partial charge < -0.3 is 5.32 Å². The van der Waals surface area contributed by atoms with Crippen LogP contribution in [-0.4, -0.2) is 11.7 Å². The molecule has 180 valence electrons. The molecule has 0 fully saturated rings. The lowest BCUT2D eigenvalue weighted by Crippen LogP contribution is -2.29. The molecule has 5 heteroatoms. The first-order chi connectivity index (χ1) is 17.2.